The molecule has 1 aromatic rings. The summed E-state index contributed by atoms with van der Waals surface area (Å²) in [7, 11) is 6.21. The minimum atomic E-state index is 0.0841. The molecule has 1 heterocycles. The number of likely N-dealkylation sites (N-methyl/N-ethyl adjacent to an activating group) is 1. The van der Waals surface area contributed by atoms with Crippen molar-refractivity contribution in [3.05, 3.63) is 16.4 Å². The smallest absolute Gasteiger partial charge is 0.130 e. The van der Waals surface area contributed by atoms with E-state index in [9.17, 15) is 0 Å². The summed E-state index contributed by atoms with van der Waals surface area (Å²) in [6.07, 6.45) is 3.11. The molecular formula is C16H31ClN4. The lowest BCUT2D eigenvalue weighted by molar-refractivity contribution is 0.112. The van der Waals surface area contributed by atoms with Gasteiger partial charge in [0, 0.05) is 24.2 Å². The minimum Gasteiger partial charge on any atom is -0.312 e. The fraction of sp³-hybridized carbons (Fsp3) is 0.812. The third kappa shape index (κ3) is 3.99. The molecule has 0 spiro atoms. The standard InChI is InChI=1S/C16H31ClN4/c1-8-10-18-14(16(4,9-2)20(5)6)11-13-12(3)19-21(7)15(13)17/h14,18H,8-11H2,1-7H3. The van der Waals surface area contributed by atoms with Crippen LogP contribution >= 0.6 is 11.6 Å². The topological polar surface area (TPSA) is 33.1 Å². The Labute approximate surface area is 134 Å². The summed E-state index contributed by atoms with van der Waals surface area (Å²) in [6.45, 7) is 9.83. The summed E-state index contributed by atoms with van der Waals surface area (Å²) in [5.74, 6) is 0. The molecule has 0 radical (unpaired) electrons. The first-order valence-corrected chi connectivity index (χ1v) is 8.24. The summed E-state index contributed by atoms with van der Waals surface area (Å²) in [5, 5.41) is 8.91. The van der Waals surface area contributed by atoms with E-state index >= 15 is 0 Å². The van der Waals surface area contributed by atoms with Crippen LogP contribution in [0, 0.1) is 6.92 Å². The third-order valence-corrected chi connectivity index (χ3v) is 5.28. The predicted octanol–water partition coefficient (Wildman–Crippen LogP) is 3.02. The Balaban J connectivity index is 3.08. The Kier molecular flexibility index (Phi) is 6.70. The molecule has 0 aliphatic rings. The zero-order valence-corrected chi connectivity index (χ0v) is 15.4. The zero-order chi connectivity index (χ0) is 16.2. The van der Waals surface area contributed by atoms with Crippen molar-refractivity contribution in [3.8, 4) is 0 Å². The maximum atomic E-state index is 6.42. The fourth-order valence-corrected chi connectivity index (χ4v) is 3.07. The van der Waals surface area contributed by atoms with Gasteiger partial charge in [0.05, 0.1) is 5.69 Å². The van der Waals surface area contributed by atoms with Gasteiger partial charge in [-0.2, -0.15) is 5.10 Å². The summed E-state index contributed by atoms with van der Waals surface area (Å²) in [4.78, 5) is 2.32. The van der Waals surface area contributed by atoms with Crippen molar-refractivity contribution in [2.24, 2.45) is 7.05 Å². The van der Waals surface area contributed by atoms with Crippen LogP contribution in [0.25, 0.3) is 0 Å². The Morgan fingerprint density at radius 3 is 2.38 bits per heavy atom. The van der Waals surface area contributed by atoms with Gasteiger partial charge < -0.3 is 10.2 Å². The van der Waals surface area contributed by atoms with Crippen molar-refractivity contribution in [2.45, 2.75) is 58.5 Å². The Morgan fingerprint density at radius 2 is 2.00 bits per heavy atom. The van der Waals surface area contributed by atoms with Crippen molar-refractivity contribution >= 4 is 11.6 Å². The Bertz CT molecular complexity index is 455. The van der Waals surface area contributed by atoms with E-state index in [0.29, 0.717) is 6.04 Å². The average molecular weight is 315 g/mol. The quantitative estimate of drug-likeness (QED) is 0.800. The van der Waals surface area contributed by atoms with E-state index in [0.717, 1.165) is 42.2 Å². The Morgan fingerprint density at radius 1 is 1.38 bits per heavy atom. The first kappa shape index (κ1) is 18.5. The van der Waals surface area contributed by atoms with Gasteiger partial charge in [0.2, 0.25) is 0 Å². The second-order valence-corrected chi connectivity index (χ2v) is 6.65. The van der Waals surface area contributed by atoms with Gasteiger partial charge in [0.25, 0.3) is 0 Å². The van der Waals surface area contributed by atoms with Crippen LogP contribution in [0.15, 0.2) is 0 Å². The van der Waals surface area contributed by atoms with Gasteiger partial charge in [-0.15, -0.1) is 0 Å². The van der Waals surface area contributed by atoms with Crippen molar-refractivity contribution < 1.29 is 0 Å². The molecule has 5 heteroatoms. The molecule has 0 saturated carbocycles. The number of aryl methyl sites for hydroxylation is 2. The van der Waals surface area contributed by atoms with Gasteiger partial charge in [0.15, 0.2) is 0 Å². The lowest BCUT2D eigenvalue weighted by atomic mass is 9.84. The molecule has 0 aromatic carbocycles. The zero-order valence-electron chi connectivity index (χ0n) is 14.6. The maximum absolute atomic E-state index is 6.42. The van der Waals surface area contributed by atoms with Crippen LogP contribution < -0.4 is 5.32 Å². The van der Waals surface area contributed by atoms with Crippen molar-refractivity contribution in [2.75, 3.05) is 20.6 Å². The van der Waals surface area contributed by atoms with Gasteiger partial charge in [-0.3, -0.25) is 4.68 Å². The second kappa shape index (κ2) is 7.61. The minimum absolute atomic E-state index is 0.0841. The molecule has 1 N–H and O–H groups in total. The molecule has 21 heavy (non-hydrogen) atoms. The number of halogens is 1. The van der Waals surface area contributed by atoms with Gasteiger partial charge in [-0.1, -0.05) is 25.4 Å². The first-order chi connectivity index (χ1) is 9.77. The summed E-state index contributed by atoms with van der Waals surface area (Å²) in [5.41, 5.74) is 2.28. The Hall–Kier alpha value is -0.580. The largest absolute Gasteiger partial charge is 0.312 e. The molecule has 0 amide bonds. The normalized spacial score (nSPS) is 16.2. The van der Waals surface area contributed by atoms with Crippen LogP contribution in [0.3, 0.4) is 0 Å². The van der Waals surface area contributed by atoms with Crippen LogP contribution in [0.5, 0.6) is 0 Å². The van der Waals surface area contributed by atoms with Crippen molar-refractivity contribution in [3.63, 3.8) is 0 Å². The highest BCUT2D eigenvalue weighted by atomic mass is 35.5. The number of hydrogen-bond donors (Lipinski definition) is 1. The van der Waals surface area contributed by atoms with Gasteiger partial charge in [-0.05, 0) is 53.8 Å². The van der Waals surface area contributed by atoms with E-state index in [1.165, 1.54) is 0 Å². The van der Waals surface area contributed by atoms with Crippen LogP contribution in [0.4, 0.5) is 0 Å². The van der Waals surface area contributed by atoms with E-state index in [4.69, 9.17) is 11.6 Å². The number of rotatable bonds is 8. The van der Waals surface area contributed by atoms with Crippen molar-refractivity contribution in [1.82, 2.24) is 20.0 Å². The molecule has 0 bridgehead atoms. The summed E-state index contributed by atoms with van der Waals surface area (Å²) < 4.78 is 1.77. The molecule has 0 saturated heterocycles. The van der Waals surface area contributed by atoms with E-state index in [1.807, 2.05) is 14.0 Å². The molecule has 2 unspecified atom stereocenters. The number of hydrogen-bond acceptors (Lipinski definition) is 3. The SMILES string of the molecule is CCCNC(Cc1c(C)nn(C)c1Cl)C(C)(CC)N(C)C. The van der Waals surface area contributed by atoms with Crippen LogP contribution in [0.2, 0.25) is 5.15 Å². The molecule has 1 rings (SSSR count). The number of aromatic nitrogens is 2. The average Bonchev–Trinajstić information content (AvgIpc) is 2.68. The molecule has 0 aliphatic carbocycles. The molecule has 4 nitrogen and oxygen atoms in total. The van der Waals surface area contributed by atoms with Crippen LogP contribution in [-0.2, 0) is 13.5 Å². The lowest BCUT2D eigenvalue weighted by Crippen LogP contribution is -2.58. The molecule has 1 aromatic heterocycles. The molecule has 0 fully saturated rings. The predicted molar refractivity (Wildman–Crippen MR) is 91.1 cm³/mol. The summed E-state index contributed by atoms with van der Waals surface area (Å²) >= 11 is 6.42. The first-order valence-electron chi connectivity index (χ1n) is 7.86. The highest BCUT2D eigenvalue weighted by molar-refractivity contribution is 6.30. The molecular weight excluding hydrogens is 284 g/mol. The van der Waals surface area contributed by atoms with Gasteiger partial charge in [0.1, 0.15) is 5.15 Å². The monoisotopic (exact) mass is 314 g/mol. The van der Waals surface area contributed by atoms with E-state index in [1.54, 1.807) is 4.68 Å². The number of nitrogens with zero attached hydrogens (tertiary/aromatic N) is 3. The van der Waals surface area contributed by atoms with E-state index < -0.39 is 0 Å². The molecule has 0 aliphatic heterocycles. The fourth-order valence-electron chi connectivity index (χ4n) is 2.81. The van der Waals surface area contributed by atoms with Crippen LogP contribution in [0.1, 0.15) is 44.9 Å². The maximum Gasteiger partial charge on any atom is 0.130 e. The van der Waals surface area contributed by atoms with Gasteiger partial charge in [-0.25, -0.2) is 0 Å². The van der Waals surface area contributed by atoms with Crippen LogP contribution in [-0.4, -0.2) is 46.9 Å². The van der Waals surface area contributed by atoms with E-state index in [2.05, 4.69) is 50.2 Å². The van der Waals surface area contributed by atoms with Crippen molar-refractivity contribution in [1.29, 1.82) is 0 Å². The highest BCUT2D eigenvalue weighted by Crippen LogP contribution is 2.28. The van der Waals surface area contributed by atoms with Gasteiger partial charge >= 0.3 is 0 Å². The second-order valence-electron chi connectivity index (χ2n) is 6.29. The highest BCUT2D eigenvalue weighted by Gasteiger charge is 2.35. The van der Waals surface area contributed by atoms with E-state index in [-0.39, 0.29) is 5.54 Å². The molecule has 2 atom stereocenters. The summed E-state index contributed by atoms with van der Waals surface area (Å²) in [6, 6.07) is 0.345. The molecule has 122 valence electrons. The third-order valence-electron chi connectivity index (χ3n) is 4.81. The lowest BCUT2D eigenvalue weighted by Gasteiger charge is -2.43. The number of nitrogens with one attached hydrogen (secondary N) is 1.